The van der Waals surface area contributed by atoms with E-state index >= 15 is 0 Å². The summed E-state index contributed by atoms with van der Waals surface area (Å²) < 4.78 is 0. The van der Waals surface area contributed by atoms with Crippen molar-refractivity contribution in [2.45, 2.75) is 26.2 Å². The Hall–Kier alpha value is -2.43. The number of anilines is 1. The van der Waals surface area contributed by atoms with E-state index in [-0.39, 0.29) is 17.2 Å². The summed E-state index contributed by atoms with van der Waals surface area (Å²) in [5.74, 6) is 0.252. The van der Waals surface area contributed by atoms with E-state index in [0.717, 1.165) is 6.42 Å². The van der Waals surface area contributed by atoms with Crippen molar-refractivity contribution in [3.8, 4) is 0 Å². The largest absolute Gasteiger partial charge is 0.384 e. The predicted octanol–water partition coefficient (Wildman–Crippen LogP) is 2.10. The molecule has 0 saturated carbocycles. The molecule has 1 aromatic carbocycles. The van der Waals surface area contributed by atoms with E-state index in [9.17, 15) is 9.59 Å². The first-order chi connectivity index (χ1) is 9.52. The lowest BCUT2D eigenvalue weighted by molar-refractivity contribution is 0.103. The van der Waals surface area contributed by atoms with Crippen molar-refractivity contribution >= 4 is 11.6 Å². The summed E-state index contributed by atoms with van der Waals surface area (Å²) in [6.07, 6.45) is 2.25. The first-order valence-electron chi connectivity index (χ1n) is 6.52. The maximum atomic E-state index is 12.3. The molecule has 5 heteroatoms. The van der Waals surface area contributed by atoms with E-state index in [1.54, 1.807) is 12.1 Å². The number of benzene rings is 1. The van der Waals surface area contributed by atoms with Crippen LogP contribution in [0.3, 0.4) is 0 Å². The van der Waals surface area contributed by atoms with Gasteiger partial charge in [-0.15, -0.1) is 0 Å². The molecule has 0 radical (unpaired) electrons. The minimum atomic E-state index is -0.564. The number of carbonyl (C=O) groups excluding carboxylic acids is 1. The monoisotopic (exact) mass is 271 g/mol. The molecule has 1 heterocycles. The van der Waals surface area contributed by atoms with Crippen LogP contribution in [-0.4, -0.2) is 15.8 Å². The molecule has 20 heavy (non-hydrogen) atoms. The van der Waals surface area contributed by atoms with Crippen LogP contribution in [0.5, 0.6) is 0 Å². The van der Waals surface area contributed by atoms with Gasteiger partial charge in [-0.2, -0.15) is 0 Å². The highest BCUT2D eigenvalue weighted by Crippen LogP contribution is 2.20. The highest BCUT2D eigenvalue weighted by Gasteiger charge is 2.14. The molecule has 1 unspecified atom stereocenters. The van der Waals surface area contributed by atoms with Gasteiger partial charge in [0, 0.05) is 11.8 Å². The number of rotatable bonds is 4. The predicted molar refractivity (Wildman–Crippen MR) is 77.9 cm³/mol. The van der Waals surface area contributed by atoms with Crippen molar-refractivity contribution < 1.29 is 4.79 Å². The molecular formula is C15H17N3O2. The number of nitrogens with two attached hydrogens (primary N) is 1. The summed E-state index contributed by atoms with van der Waals surface area (Å²) in [4.78, 5) is 29.1. The van der Waals surface area contributed by atoms with Gasteiger partial charge in [-0.1, -0.05) is 38.1 Å². The Morgan fingerprint density at radius 3 is 2.55 bits per heavy atom. The number of carbonyl (C=O) groups is 1. The fourth-order valence-electron chi connectivity index (χ4n) is 1.94. The van der Waals surface area contributed by atoms with Gasteiger partial charge in [0.05, 0.1) is 5.56 Å². The normalized spacial score (nSPS) is 12.1. The van der Waals surface area contributed by atoms with E-state index < -0.39 is 5.69 Å². The molecule has 0 fully saturated rings. The van der Waals surface area contributed by atoms with Crippen LogP contribution in [0.4, 0.5) is 5.82 Å². The van der Waals surface area contributed by atoms with Crippen LogP contribution in [0.1, 0.15) is 47.7 Å². The molecule has 0 aliphatic heterocycles. The fourth-order valence-corrected chi connectivity index (χ4v) is 1.94. The molecule has 5 nitrogen and oxygen atoms in total. The number of hydrogen-bond acceptors (Lipinski definition) is 4. The highest BCUT2D eigenvalue weighted by molar-refractivity contribution is 6.11. The number of nitrogens with one attached hydrogen (secondary N) is 1. The summed E-state index contributed by atoms with van der Waals surface area (Å²) in [7, 11) is 0. The van der Waals surface area contributed by atoms with Gasteiger partial charge in [-0.3, -0.25) is 9.78 Å². The third kappa shape index (κ3) is 2.77. The standard InChI is InChI=1S/C15H17N3O2/c1-3-9(2)10-4-6-11(7-5-10)13(19)12-8-17-15(20)18-14(12)16/h4-9H,3H2,1-2H3,(H3,16,17,18,20). The molecule has 3 N–H and O–H groups in total. The lowest BCUT2D eigenvalue weighted by Gasteiger charge is -2.09. The van der Waals surface area contributed by atoms with Crippen molar-refractivity contribution in [1.29, 1.82) is 0 Å². The zero-order valence-corrected chi connectivity index (χ0v) is 11.5. The molecule has 1 atom stereocenters. The van der Waals surface area contributed by atoms with Crippen molar-refractivity contribution in [2.75, 3.05) is 5.73 Å². The molecule has 2 aromatic rings. The third-order valence-electron chi connectivity index (χ3n) is 3.44. The summed E-state index contributed by atoms with van der Waals surface area (Å²) in [5.41, 5.74) is 7.01. The summed E-state index contributed by atoms with van der Waals surface area (Å²) in [6, 6.07) is 7.43. The number of ketones is 1. The van der Waals surface area contributed by atoms with Gasteiger partial charge in [0.1, 0.15) is 5.82 Å². The Morgan fingerprint density at radius 1 is 1.35 bits per heavy atom. The Kier molecular flexibility index (Phi) is 3.98. The Labute approximate surface area is 116 Å². The molecule has 0 spiro atoms. The van der Waals surface area contributed by atoms with Crippen LogP contribution in [0.2, 0.25) is 0 Å². The van der Waals surface area contributed by atoms with Gasteiger partial charge >= 0.3 is 5.69 Å². The number of aromatic amines is 1. The van der Waals surface area contributed by atoms with Crippen LogP contribution < -0.4 is 11.4 Å². The second kappa shape index (κ2) is 5.69. The Bertz CT molecular complexity index is 674. The summed E-state index contributed by atoms with van der Waals surface area (Å²) in [5, 5.41) is 0. The van der Waals surface area contributed by atoms with Crippen molar-refractivity contribution in [3.63, 3.8) is 0 Å². The molecular weight excluding hydrogens is 254 g/mol. The van der Waals surface area contributed by atoms with Gasteiger partial charge < -0.3 is 5.73 Å². The Balaban J connectivity index is 2.31. The second-order valence-corrected chi connectivity index (χ2v) is 4.78. The first-order valence-corrected chi connectivity index (χ1v) is 6.52. The average molecular weight is 271 g/mol. The van der Waals surface area contributed by atoms with E-state index in [2.05, 4.69) is 23.8 Å². The zero-order valence-electron chi connectivity index (χ0n) is 11.5. The van der Waals surface area contributed by atoms with E-state index in [0.29, 0.717) is 11.5 Å². The van der Waals surface area contributed by atoms with Crippen molar-refractivity contribution in [1.82, 2.24) is 9.97 Å². The first kappa shape index (κ1) is 14.0. The van der Waals surface area contributed by atoms with Gasteiger partial charge in [-0.05, 0) is 17.9 Å². The maximum Gasteiger partial charge on any atom is 0.346 e. The van der Waals surface area contributed by atoms with Gasteiger partial charge in [-0.25, -0.2) is 9.78 Å². The van der Waals surface area contributed by atoms with Gasteiger partial charge in [0.15, 0.2) is 5.78 Å². The molecule has 2 rings (SSSR count). The van der Waals surface area contributed by atoms with Crippen LogP contribution in [0, 0.1) is 0 Å². The van der Waals surface area contributed by atoms with Crippen LogP contribution in [0.15, 0.2) is 35.3 Å². The minimum absolute atomic E-state index is 0.0426. The van der Waals surface area contributed by atoms with Crippen molar-refractivity contribution in [2.24, 2.45) is 0 Å². The molecule has 0 aliphatic carbocycles. The number of H-pyrrole nitrogens is 1. The fraction of sp³-hybridized carbons (Fsp3) is 0.267. The van der Waals surface area contributed by atoms with Crippen LogP contribution in [0.25, 0.3) is 0 Å². The van der Waals surface area contributed by atoms with Crippen LogP contribution >= 0.6 is 0 Å². The van der Waals surface area contributed by atoms with Gasteiger partial charge in [0.25, 0.3) is 0 Å². The average Bonchev–Trinajstić information content (AvgIpc) is 2.46. The van der Waals surface area contributed by atoms with Crippen molar-refractivity contribution in [3.05, 3.63) is 57.6 Å². The smallest absolute Gasteiger partial charge is 0.346 e. The topological polar surface area (TPSA) is 88.8 Å². The lowest BCUT2D eigenvalue weighted by Crippen LogP contribution is -2.17. The zero-order chi connectivity index (χ0) is 14.7. The lowest BCUT2D eigenvalue weighted by atomic mass is 9.96. The second-order valence-electron chi connectivity index (χ2n) is 4.78. The van der Waals surface area contributed by atoms with E-state index in [1.807, 2.05) is 12.1 Å². The Morgan fingerprint density at radius 2 is 2.00 bits per heavy atom. The minimum Gasteiger partial charge on any atom is -0.384 e. The third-order valence-corrected chi connectivity index (χ3v) is 3.44. The van der Waals surface area contributed by atoms with Gasteiger partial charge in [0.2, 0.25) is 0 Å². The maximum absolute atomic E-state index is 12.3. The van der Waals surface area contributed by atoms with Crippen LogP contribution in [-0.2, 0) is 0 Å². The molecule has 104 valence electrons. The van der Waals surface area contributed by atoms with E-state index in [1.165, 1.54) is 11.8 Å². The molecule has 0 saturated heterocycles. The number of hydrogen-bond donors (Lipinski definition) is 2. The number of nitrogen functional groups attached to an aromatic ring is 1. The quantitative estimate of drug-likeness (QED) is 0.833. The highest BCUT2D eigenvalue weighted by atomic mass is 16.1. The molecule has 1 aromatic heterocycles. The summed E-state index contributed by atoms with van der Waals surface area (Å²) in [6.45, 7) is 4.26. The molecule has 0 aliphatic rings. The number of aromatic nitrogens is 2. The molecule has 0 bridgehead atoms. The summed E-state index contributed by atoms with van der Waals surface area (Å²) >= 11 is 0. The molecule has 0 amide bonds. The number of nitrogens with zero attached hydrogens (tertiary/aromatic N) is 1. The SMILES string of the molecule is CCC(C)c1ccc(C(=O)c2cnc(=O)[nH]c2N)cc1. The van der Waals surface area contributed by atoms with E-state index in [4.69, 9.17) is 5.73 Å².